The molecule has 0 radical (unpaired) electrons. The van der Waals surface area contributed by atoms with E-state index in [4.69, 9.17) is 15.2 Å². The molecule has 2 atom stereocenters. The fourth-order valence-corrected chi connectivity index (χ4v) is 2.69. The standard InChI is InChI=1S/C16H23NO3/c1-2-12-5-3-8-15(9-12)20-16(18)11-19-14-7-4-6-13(17)10-14/h4,6-7,10,12,15H,2-3,5,8-9,11,17H2,1H3. The lowest BCUT2D eigenvalue weighted by Crippen LogP contribution is -2.27. The van der Waals surface area contributed by atoms with Crippen molar-refractivity contribution < 1.29 is 14.3 Å². The first-order valence-corrected chi connectivity index (χ1v) is 7.35. The van der Waals surface area contributed by atoms with Crippen LogP contribution < -0.4 is 10.5 Å². The van der Waals surface area contributed by atoms with E-state index >= 15 is 0 Å². The summed E-state index contributed by atoms with van der Waals surface area (Å²) in [5.74, 6) is 0.989. The summed E-state index contributed by atoms with van der Waals surface area (Å²) < 4.78 is 10.9. The number of ether oxygens (including phenoxy) is 2. The summed E-state index contributed by atoms with van der Waals surface area (Å²) in [4.78, 5) is 11.8. The van der Waals surface area contributed by atoms with Crippen molar-refractivity contribution in [3.8, 4) is 5.75 Å². The Hall–Kier alpha value is -1.71. The number of carbonyl (C=O) groups excluding carboxylic acids is 1. The van der Waals surface area contributed by atoms with Crippen LogP contribution in [0.1, 0.15) is 39.0 Å². The Labute approximate surface area is 120 Å². The molecule has 1 aliphatic carbocycles. The van der Waals surface area contributed by atoms with Gasteiger partial charge in [0.2, 0.25) is 0 Å². The lowest BCUT2D eigenvalue weighted by atomic mass is 9.85. The quantitative estimate of drug-likeness (QED) is 0.663. The third kappa shape index (κ3) is 4.44. The van der Waals surface area contributed by atoms with Crippen molar-refractivity contribution in [2.24, 2.45) is 5.92 Å². The Bertz CT molecular complexity index is 447. The van der Waals surface area contributed by atoms with Gasteiger partial charge in [-0.25, -0.2) is 4.79 Å². The molecule has 0 saturated heterocycles. The maximum atomic E-state index is 11.8. The molecular weight excluding hydrogens is 254 g/mol. The topological polar surface area (TPSA) is 61.5 Å². The van der Waals surface area contributed by atoms with Gasteiger partial charge in [-0.3, -0.25) is 0 Å². The molecule has 2 rings (SSSR count). The molecule has 0 aromatic heterocycles. The van der Waals surface area contributed by atoms with Crippen molar-refractivity contribution >= 4 is 11.7 Å². The number of rotatable bonds is 5. The third-order valence-corrected chi connectivity index (χ3v) is 3.82. The number of anilines is 1. The second-order valence-corrected chi connectivity index (χ2v) is 5.41. The van der Waals surface area contributed by atoms with Gasteiger partial charge in [0.1, 0.15) is 11.9 Å². The number of nitrogens with two attached hydrogens (primary N) is 1. The van der Waals surface area contributed by atoms with Crippen LogP contribution in [-0.4, -0.2) is 18.7 Å². The van der Waals surface area contributed by atoms with Crippen LogP contribution in [0.15, 0.2) is 24.3 Å². The van der Waals surface area contributed by atoms with E-state index in [1.807, 2.05) is 0 Å². The molecular formula is C16H23NO3. The Morgan fingerprint density at radius 1 is 1.40 bits per heavy atom. The van der Waals surface area contributed by atoms with Crippen LogP contribution in [-0.2, 0) is 9.53 Å². The Kier molecular flexibility index (Phi) is 5.27. The van der Waals surface area contributed by atoms with Gasteiger partial charge >= 0.3 is 5.97 Å². The van der Waals surface area contributed by atoms with E-state index in [0.717, 1.165) is 25.7 Å². The number of hydrogen-bond acceptors (Lipinski definition) is 4. The number of hydrogen-bond donors (Lipinski definition) is 1. The molecule has 4 nitrogen and oxygen atoms in total. The first-order chi connectivity index (χ1) is 9.67. The molecule has 1 aromatic carbocycles. The molecule has 0 spiro atoms. The normalized spacial score (nSPS) is 22.2. The number of esters is 1. The van der Waals surface area contributed by atoms with Crippen molar-refractivity contribution in [1.29, 1.82) is 0 Å². The van der Waals surface area contributed by atoms with Crippen molar-refractivity contribution in [3.05, 3.63) is 24.3 Å². The monoisotopic (exact) mass is 277 g/mol. The van der Waals surface area contributed by atoms with Crippen molar-refractivity contribution in [2.45, 2.75) is 45.1 Å². The van der Waals surface area contributed by atoms with Gasteiger partial charge in [-0.2, -0.15) is 0 Å². The largest absolute Gasteiger partial charge is 0.482 e. The minimum atomic E-state index is -0.297. The SMILES string of the molecule is CCC1CCCC(OC(=O)COc2cccc(N)c2)C1. The van der Waals surface area contributed by atoms with Gasteiger partial charge in [0.05, 0.1) is 0 Å². The van der Waals surface area contributed by atoms with Gasteiger partial charge in [0, 0.05) is 11.8 Å². The zero-order valence-corrected chi connectivity index (χ0v) is 12.0. The van der Waals surface area contributed by atoms with Crippen LogP contribution in [0, 0.1) is 5.92 Å². The molecule has 0 amide bonds. The van der Waals surface area contributed by atoms with Crippen LogP contribution in [0.25, 0.3) is 0 Å². The maximum Gasteiger partial charge on any atom is 0.344 e. The first-order valence-electron chi connectivity index (χ1n) is 7.35. The number of benzene rings is 1. The lowest BCUT2D eigenvalue weighted by Gasteiger charge is -2.28. The van der Waals surface area contributed by atoms with E-state index in [0.29, 0.717) is 17.4 Å². The summed E-state index contributed by atoms with van der Waals surface area (Å²) in [6.45, 7) is 2.13. The summed E-state index contributed by atoms with van der Waals surface area (Å²) in [6, 6.07) is 7.04. The average molecular weight is 277 g/mol. The highest BCUT2D eigenvalue weighted by Gasteiger charge is 2.23. The highest BCUT2D eigenvalue weighted by Crippen LogP contribution is 2.28. The molecule has 110 valence electrons. The summed E-state index contributed by atoms with van der Waals surface area (Å²) in [5.41, 5.74) is 6.27. The smallest absolute Gasteiger partial charge is 0.344 e. The molecule has 1 saturated carbocycles. The molecule has 2 unspecified atom stereocenters. The van der Waals surface area contributed by atoms with Gasteiger partial charge in [-0.1, -0.05) is 25.8 Å². The highest BCUT2D eigenvalue weighted by molar-refractivity contribution is 5.71. The Balaban J connectivity index is 1.75. The van der Waals surface area contributed by atoms with E-state index in [1.54, 1.807) is 24.3 Å². The summed E-state index contributed by atoms with van der Waals surface area (Å²) in [7, 11) is 0. The van der Waals surface area contributed by atoms with Crippen LogP contribution in [0.5, 0.6) is 5.75 Å². The van der Waals surface area contributed by atoms with Gasteiger partial charge in [0.15, 0.2) is 6.61 Å². The van der Waals surface area contributed by atoms with Crippen molar-refractivity contribution in [3.63, 3.8) is 0 Å². The molecule has 1 aliphatic rings. The Morgan fingerprint density at radius 2 is 2.25 bits per heavy atom. The third-order valence-electron chi connectivity index (χ3n) is 3.82. The minimum Gasteiger partial charge on any atom is -0.482 e. The fraction of sp³-hybridized carbons (Fsp3) is 0.562. The molecule has 20 heavy (non-hydrogen) atoms. The first kappa shape index (κ1) is 14.7. The van der Waals surface area contributed by atoms with E-state index < -0.39 is 0 Å². The Morgan fingerprint density at radius 3 is 3.00 bits per heavy atom. The van der Waals surface area contributed by atoms with Gasteiger partial charge in [-0.05, 0) is 37.3 Å². The van der Waals surface area contributed by atoms with Crippen LogP contribution in [0.3, 0.4) is 0 Å². The molecule has 4 heteroatoms. The molecule has 1 aromatic rings. The zero-order chi connectivity index (χ0) is 14.4. The van der Waals surface area contributed by atoms with Gasteiger partial charge in [-0.15, -0.1) is 0 Å². The van der Waals surface area contributed by atoms with Crippen LogP contribution >= 0.6 is 0 Å². The van der Waals surface area contributed by atoms with Crippen LogP contribution in [0.4, 0.5) is 5.69 Å². The van der Waals surface area contributed by atoms with E-state index in [2.05, 4.69) is 6.92 Å². The molecule has 2 N–H and O–H groups in total. The van der Waals surface area contributed by atoms with Crippen molar-refractivity contribution in [1.82, 2.24) is 0 Å². The van der Waals surface area contributed by atoms with Crippen LogP contribution in [0.2, 0.25) is 0 Å². The number of carbonyl (C=O) groups is 1. The van der Waals surface area contributed by atoms with Crippen molar-refractivity contribution in [2.75, 3.05) is 12.3 Å². The van der Waals surface area contributed by atoms with Gasteiger partial charge < -0.3 is 15.2 Å². The van der Waals surface area contributed by atoms with E-state index in [1.165, 1.54) is 6.42 Å². The predicted octanol–water partition coefficient (Wildman–Crippen LogP) is 3.16. The fourth-order valence-electron chi connectivity index (χ4n) is 2.69. The molecule has 0 bridgehead atoms. The summed E-state index contributed by atoms with van der Waals surface area (Å²) in [6.07, 6.45) is 5.58. The zero-order valence-electron chi connectivity index (χ0n) is 12.0. The summed E-state index contributed by atoms with van der Waals surface area (Å²) in [5, 5.41) is 0. The minimum absolute atomic E-state index is 0.0588. The summed E-state index contributed by atoms with van der Waals surface area (Å²) >= 11 is 0. The molecule has 1 fully saturated rings. The molecule has 0 aliphatic heterocycles. The van der Waals surface area contributed by atoms with Gasteiger partial charge in [0.25, 0.3) is 0 Å². The maximum absolute atomic E-state index is 11.8. The lowest BCUT2D eigenvalue weighted by molar-refractivity contribution is -0.153. The number of nitrogen functional groups attached to an aromatic ring is 1. The highest BCUT2D eigenvalue weighted by atomic mass is 16.6. The molecule has 0 heterocycles. The van der Waals surface area contributed by atoms with E-state index in [9.17, 15) is 4.79 Å². The van der Waals surface area contributed by atoms with E-state index in [-0.39, 0.29) is 18.7 Å². The average Bonchev–Trinajstić information content (AvgIpc) is 2.45. The second-order valence-electron chi connectivity index (χ2n) is 5.41. The predicted molar refractivity (Wildman–Crippen MR) is 78.5 cm³/mol. The second kappa shape index (κ2) is 7.17.